The zero-order valence-corrected chi connectivity index (χ0v) is 17.9. The Morgan fingerprint density at radius 3 is 1.90 bits per heavy atom. The summed E-state index contributed by atoms with van der Waals surface area (Å²) in [4.78, 5) is 9.95. The second-order valence-electron chi connectivity index (χ2n) is 6.57. The van der Waals surface area contributed by atoms with Crippen molar-refractivity contribution < 1.29 is 4.79 Å². The van der Waals surface area contributed by atoms with Crippen LogP contribution in [0.5, 0.6) is 0 Å². The van der Waals surface area contributed by atoms with E-state index in [2.05, 4.69) is 51.0 Å². The Morgan fingerprint density at radius 2 is 1.48 bits per heavy atom. The molecule has 3 heteroatoms. The van der Waals surface area contributed by atoms with Crippen LogP contribution in [0, 0.1) is 13.8 Å². The number of anilines is 1. The van der Waals surface area contributed by atoms with E-state index in [1.54, 1.807) is 6.08 Å². The Hall–Kier alpha value is -3.33. The molecule has 0 spiro atoms. The lowest BCUT2D eigenvalue weighted by atomic mass is 10.0. The van der Waals surface area contributed by atoms with Gasteiger partial charge in [-0.2, -0.15) is 0 Å². The van der Waals surface area contributed by atoms with Crippen LogP contribution < -0.4 is 11.1 Å². The lowest BCUT2D eigenvalue weighted by Gasteiger charge is -2.02. The van der Waals surface area contributed by atoms with Gasteiger partial charge >= 0.3 is 0 Å². The van der Waals surface area contributed by atoms with Gasteiger partial charge < -0.3 is 11.1 Å². The molecule has 0 heterocycles. The van der Waals surface area contributed by atoms with Crippen LogP contribution in [0.2, 0.25) is 0 Å². The van der Waals surface area contributed by atoms with Crippen LogP contribution in [0.3, 0.4) is 0 Å². The lowest BCUT2D eigenvalue weighted by Crippen LogP contribution is -1.92. The fourth-order valence-electron chi connectivity index (χ4n) is 2.04. The van der Waals surface area contributed by atoms with Gasteiger partial charge in [-0.15, -0.1) is 0 Å². The highest BCUT2D eigenvalue weighted by Gasteiger charge is 1.93. The minimum Gasteiger partial charge on any atom is -0.399 e. The van der Waals surface area contributed by atoms with Gasteiger partial charge in [-0.05, 0) is 49.6 Å². The van der Waals surface area contributed by atoms with E-state index in [-0.39, 0.29) is 0 Å². The van der Waals surface area contributed by atoms with Crippen LogP contribution in [-0.2, 0) is 4.79 Å². The topological polar surface area (TPSA) is 55.1 Å². The molecular formula is C26H34N2O. The van der Waals surface area contributed by atoms with Crippen molar-refractivity contribution in [3.8, 4) is 0 Å². The Kier molecular flexibility index (Phi) is 13.9. The first-order chi connectivity index (χ1) is 13.8. The summed E-state index contributed by atoms with van der Waals surface area (Å²) < 4.78 is 0. The number of nitrogens with two attached hydrogens (primary N) is 1. The van der Waals surface area contributed by atoms with E-state index in [0.29, 0.717) is 12.1 Å². The first-order valence-corrected chi connectivity index (χ1v) is 9.58. The van der Waals surface area contributed by atoms with Gasteiger partial charge in [0.2, 0.25) is 6.41 Å². The molecule has 0 aliphatic rings. The van der Waals surface area contributed by atoms with Gasteiger partial charge in [0.05, 0.1) is 0 Å². The Bertz CT molecular complexity index is 787. The van der Waals surface area contributed by atoms with E-state index in [4.69, 9.17) is 5.73 Å². The van der Waals surface area contributed by atoms with Crippen molar-refractivity contribution in [1.82, 2.24) is 0 Å². The lowest BCUT2D eigenvalue weighted by molar-refractivity contribution is -0.105. The number of hydrogen-bond donors (Lipinski definition) is 2. The predicted octanol–water partition coefficient (Wildman–Crippen LogP) is 6.49. The van der Waals surface area contributed by atoms with Crippen LogP contribution in [0.15, 0.2) is 103 Å². The van der Waals surface area contributed by atoms with Gasteiger partial charge in [0.15, 0.2) is 0 Å². The summed E-state index contributed by atoms with van der Waals surface area (Å²) in [6, 6.07) is 17.9. The highest BCUT2D eigenvalue weighted by Crippen LogP contribution is 2.13. The molecule has 0 bridgehead atoms. The summed E-state index contributed by atoms with van der Waals surface area (Å²) in [7, 11) is 0. The summed E-state index contributed by atoms with van der Waals surface area (Å²) >= 11 is 0. The van der Waals surface area contributed by atoms with E-state index in [9.17, 15) is 4.79 Å². The van der Waals surface area contributed by atoms with Crippen molar-refractivity contribution in [2.75, 3.05) is 5.32 Å². The summed E-state index contributed by atoms with van der Waals surface area (Å²) in [6.45, 7) is 17.5. The molecule has 2 rings (SSSR count). The third-order valence-corrected chi connectivity index (χ3v) is 3.72. The molecule has 1 amide bonds. The number of hydrogen-bond acceptors (Lipinski definition) is 2. The Labute approximate surface area is 176 Å². The third kappa shape index (κ3) is 14.4. The maximum absolute atomic E-state index is 9.95. The predicted molar refractivity (Wildman–Crippen MR) is 128 cm³/mol. The van der Waals surface area contributed by atoms with E-state index >= 15 is 0 Å². The van der Waals surface area contributed by atoms with Crippen LogP contribution >= 0.6 is 0 Å². The molecule has 3 nitrogen and oxygen atoms in total. The molecule has 0 aliphatic carbocycles. The average Bonchev–Trinajstić information content (AvgIpc) is 2.70. The molecule has 2 aromatic carbocycles. The highest BCUT2D eigenvalue weighted by molar-refractivity contribution is 5.70. The Balaban J connectivity index is 0.000000418. The number of rotatable bonds is 7. The van der Waals surface area contributed by atoms with Crippen molar-refractivity contribution in [2.45, 2.75) is 33.6 Å². The zero-order valence-electron chi connectivity index (χ0n) is 17.9. The highest BCUT2D eigenvalue weighted by atomic mass is 16.1. The number of carbonyl (C=O) groups is 1. The van der Waals surface area contributed by atoms with Crippen molar-refractivity contribution in [2.24, 2.45) is 5.73 Å². The molecule has 0 fully saturated rings. The van der Waals surface area contributed by atoms with Gasteiger partial charge in [-0.1, -0.05) is 92.7 Å². The summed E-state index contributed by atoms with van der Waals surface area (Å²) in [5, 5.41) is 2.55. The first-order valence-electron chi connectivity index (χ1n) is 9.58. The van der Waals surface area contributed by atoms with E-state index in [1.165, 1.54) is 11.1 Å². The SMILES string of the molecule is C=C(N)/C=C\C(=C)C(=C)CCC.Cc1ccc(NC=O)cc1.Cc1ccccc1. The van der Waals surface area contributed by atoms with Crippen LogP contribution in [0.25, 0.3) is 0 Å². The molecule has 0 aliphatic heterocycles. The second-order valence-corrected chi connectivity index (χ2v) is 6.57. The minimum absolute atomic E-state index is 0.542. The standard InChI is InChI=1S/C11H17N.C8H9NO.C7H8/c1-5-6-9(2)10(3)7-8-11(4)12;1-7-2-4-8(5-3-7)9-6-10;1-7-5-3-2-4-6-7/h7-8H,2-6,12H2,1H3;2-6H,1H3,(H,9,10);2-6H,1H3/b8-7-;;. The summed E-state index contributed by atoms with van der Waals surface area (Å²) in [5.74, 6) is 0. The van der Waals surface area contributed by atoms with E-state index in [1.807, 2.05) is 55.5 Å². The number of carbonyl (C=O) groups excluding carboxylic acids is 1. The fourth-order valence-corrected chi connectivity index (χ4v) is 2.04. The van der Waals surface area contributed by atoms with Gasteiger partial charge in [-0.3, -0.25) is 4.79 Å². The van der Waals surface area contributed by atoms with Crippen LogP contribution in [0.4, 0.5) is 5.69 Å². The maximum atomic E-state index is 9.95. The van der Waals surface area contributed by atoms with Crippen LogP contribution in [0.1, 0.15) is 30.9 Å². The molecule has 0 unspecified atom stereocenters. The zero-order chi connectivity index (χ0) is 22.1. The van der Waals surface area contributed by atoms with Gasteiger partial charge in [-0.25, -0.2) is 0 Å². The number of amides is 1. The average molecular weight is 391 g/mol. The molecular weight excluding hydrogens is 356 g/mol. The normalized spacial score (nSPS) is 9.34. The molecule has 0 saturated heterocycles. The van der Waals surface area contributed by atoms with Crippen molar-refractivity contribution in [3.63, 3.8) is 0 Å². The van der Waals surface area contributed by atoms with Crippen molar-refractivity contribution >= 4 is 12.1 Å². The molecule has 29 heavy (non-hydrogen) atoms. The molecule has 0 radical (unpaired) electrons. The van der Waals surface area contributed by atoms with Crippen molar-refractivity contribution in [1.29, 1.82) is 0 Å². The smallest absolute Gasteiger partial charge is 0.211 e. The largest absolute Gasteiger partial charge is 0.399 e. The molecule has 0 atom stereocenters. The van der Waals surface area contributed by atoms with Gasteiger partial charge in [0.25, 0.3) is 0 Å². The summed E-state index contributed by atoms with van der Waals surface area (Å²) in [5.41, 5.74) is 11.3. The summed E-state index contributed by atoms with van der Waals surface area (Å²) in [6.07, 6.45) is 6.34. The number of benzene rings is 2. The molecule has 0 saturated carbocycles. The third-order valence-electron chi connectivity index (χ3n) is 3.72. The number of allylic oxidation sites excluding steroid dienone is 4. The van der Waals surface area contributed by atoms with Crippen LogP contribution in [-0.4, -0.2) is 6.41 Å². The second kappa shape index (κ2) is 15.7. The molecule has 0 aromatic heterocycles. The van der Waals surface area contributed by atoms with Crippen molar-refractivity contribution in [3.05, 3.63) is 114 Å². The minimum atomic E-state index is 0.542. The van der Waals surface area contributed by atoms with E-state index in [0.717, 1.165) is 29.7 Å². The molecule has 2 aromatic rings. The fraction of sp³-hybridized carbons (Fsp3) is 0.192. The monoisotopic (exact) mass is 390 g/mol. The maximum Gasteiger partial charge on any atom is 0.211 e. The first kappa shape index (κ1) is 25.7. The molecule has 154 valence electrons. The van der Waals surface area contributed by atoms with Gasteiger partial charge in [0, 0.05) is 11.4 Å². The number of aryl methyl sites for hydroxylation is 2. The molecule has 3 N–H and O–H groups in total. The quantitative estimate of drug-likeness (QED) is 0.419. The van der Waals surface area contributed by atoms with Gasteiger partial charge in [0.1, 0.15) is 0 Å². The Morgan fingerprint density at radius 1 is 0.931 bits per heavy atom. The number of nitrogens with one attached hydrogen (secondary N) is 1. The van der Waals surface area contributed by atoms with E-state index < -0.39 is 0 Å².